The SMILES string of the molecule is CCN1CCC[C@@H]1CNC(=O)c1cnn(-c2ccc(C)cc2)c1C1CCN(C(=O)OC(C)(C)C)CC1. The Morgan fingerprint density at radius 1 is 1.08 bits per heavy atom. The molecule has 2 saturated heterocycles. The molecule has 1 aromatic heterocycles. The summed E-state index contributed by atoms with van der Waals surface area (Å²) < 4.78 is 7.48. The van der Waals surface area contributed by atoms with Crippen LogP contribution in [0, 0.1) is 6.92 Å². The van der Waals surface area contributed by atoms with Gasteiger partial charge in [-0.1, -0.05) is 24.6 Å². The molecule has 8 nitrogen and oxygen atoms in total. The van der Waals surface area contributed by atoms with Gasteiger partial charge in [0.1, 0.15) is 5.60 Å². The minimum absolute atomic E-state index is 0.0686. The van der Waals surface area contributed by atoms with Crippen LogP contribution in [0.2, 0.25) is 0 Å². The van der Waals surface area contributed by atoms with E-state index in [0.29, 0.717) is 31.2 Å². The van der Waals surface area contributed by atoms with Gasteiger partial charge in [0.15, 0.2) is 0 Å². The average molecular weight is 496 g/mol. The molecule has 1 N–H and O–H groups in total. The number of likely N-dealkylation sites (tertiary alicyclic amines) is 2. The third-order valence-electron chi connectivity index (χ3n) is 7.27. The zero-order valence-corrected chi connectivity index (χ0v) is 22.4. The molecule has 2 aliphatic heterocycles. The summed E-state index contributed by atoms with van der Waals surface area (Å²) >= 11 is 0. The number of carbonyl (C=O) groups is 2. The van der Waals surface area contributed by atoms with Crippen LogP contribution in [0.15, 0.2) is 30.5 Å². The summed E-state index contributed by atoms with van der Waals surface area (Å²) in [6.45, 7) is 13.8. The third-order valence-corrected chi connectivity index (χ3v) is 7.27. The second-order valence-electron chi connectivity index (χ2n) is 11.1. The molecule has 1 atom stereocenters. The van der Waals surface area contributed by atoms with Crippen LogP contribution in [0.25, 0.3) is 5.69 Å². The highest BCUT2D eigenvalue weighted by atomic mass is 16.6. The first-order chi connectivity index (χ1) is 17.2. The fraction of sp³-hybridized carbons (Fsp3) is 0.607. The minimum atomic E-state index is -0.518. The van der Waals surface area contributed by atoms with Gasteiger partial charge in [0, 0.05) is 31.6 Å². The second kappa shape index (κ2) is 11.0. The summed E-state index contributed by atoms with van der Waals surface area (Å²) in [6.07, 6.45) is 5.24. The number of aryl methyl sites for hydroxylation is 1. The van der Waals surface area contributed by atoms with Crippen molar-refractivity contribution < 1.29 is 14.3 Å². The maximum Gasteiger partial charge on any atom is 0.410 e. The number of benzene rings is 1. The van der Waals surface area contributed by atoms with E-state index in [4.69, 9.17) is 4.74 Å². The van der Waals surface area contributed by atoms with Gasteiger partial charge < -0.3 is 15.0 Å². The van der Waals surface area contributed by atoms with E-state index < -0.39 is 5.60 Å². The highest BCUT2D eigenvalue weighted by Crippen LogP contribution is 2.33. The van der Waals surface area contributed by atoms with Crippen molar-refractivity contribution in [3.8, 4) is 5.69 Å². The summed E-state index contributed by atoms with van der Waals surface area (Å²) in [5, 5.41) is 7.86. The molecular formula is C28H41N5O3. The molecule has 36 heavy (non-hydrogen) atoms. The van der Waals surface area contributed by atoms with E-state index in [9.17, 15) is 9.59 Å². The topological polar surface area (TPSA) is 79.7 Å². The minimum Gasteiger partial charge on any atom is -0.444 e. The van der Waals surface area contributed by atoms with Gasteiger partial charge >= 0.3 is 6.09 Å². The fourth-order valence-electron chi connectivity index (χ4n) is 5.33. The molecule has 3 heterocycles. The molecule has 2 aliphatic rings. The van der Waals surface area contributed by atoms with Gasteiger partial charge in [-0.25, -0.2) is 9.48 Å². The Kier molecular flexibility index (Phi) is 8.03. The lowest BCUT2D eigenvalue weighted by molar-refractivity contribution is 0.0203. The molecule has 0 saturated carbocycles. The maximum absolute atomic E-state index is 13.4. The predicted molar refractivity (Wildman–Crippen MR) is 141 cm³/mol. The van der Waals surface area contributed by atoms with E-state index in [1.165, 1.54) is 12.0 Å². The van der Waals surface area contributed by atoms with Crippen LogP contribution in [-0.4, -0.2) is 75.9 Å². The zero-order chi connectivity index (χ0) is 25.9. The van der Waals surface area contributed by atoms with Crippen molar-refractivity contribution in [3.05, 3.63) is 47.3 Å². The number of likely N-dealkylation sites (N-methyl/N-ethyl adjacent to an activating group) is 1. The molecule has 2 fully saturated rings. The number of hydrogen-bond donors (Lipinski definition) is 1. The number of amides is 2. The van der Waals surface area contributed by atoms with E-state index in [-0.39, 0.29) is 17.9 Å². The van der Waals surface area contributed by atoms with Crippen molar-refractivity contribution in [2.75, 3.05) is 32.7 Å². The van der Waals surface area contributed by atoms with Crippen molar-refractivity contribution in [3.63, 3.8) is 0 Å². The zero-order valence-electron chi connectivity index (χ0n) is 22.4. The Morgan fingerprint density at radius 3 is 2.42 bits per heavy atom. The summed E-state index contributed by atoms with van der Waals surface area (Å²) in [6, 6.07) is 8.60. The summed E-state index contributed by atoms with van der Waals surface area (Å²) in [4.78, 5) is 30.2. The first-order valence-electron chi connectivity index (χ1n) is 13.3. The number of hydrogen-bond acceptors (Lipinski definition) is 5. The van der Waals surface area contributed by atoms with Gasteiger partial charge in [-0.2, -0.15) is 5.10 Å². The molecule has 0 aliphatic carbocycles. The van der Waals surface area contributed by atoms with Crippen molar-refractivity contribution in [2.45, 2.75) is 77.9 Å². The Bertz CT molecular complexity index is 1050. The Hall–Kier alpha value is -2.87. The van der Waals surface area contributed by atoms with Gasteiger partial charge in [0.05, 0.1) is 23.1 Å². The second-order valence-corrected chi connectivity index (χ2v) is 11.1. The first kappa shape index (κ1) is 26.2. The van der Waals surface area contributed by atoms with Crippen molar-refractivity contribution in [2.24, 2.45) is 0 Å². The standard InChI is InChI=1S/C28H41N5O3/c1-6-31-15-7-8-23(31)18-29-26(34)24-19-30-33(22-11-9-20(2)10-12-22)25(24)21-13-16-32(17-14-21)27(35)36-28(3,4)5/h9-12,19,21,23H,6-8,13-18H2,1-5H3,(H,29,34)/t23-/m1/s1. The Balaban J connectivity index is 1.53. The highest BCUT2D eigenvalue weighted by molar-refractivity contribution is 5.95. The van der Waals surface area contributed by atoms with E-state index in [2.05, 4.69) is 41.3 Å². The molecule has 8 heteroatoms. The van der Waals surface area contributed by atoms with Crippen LogP contribution in [0.3, 0.4) is 0 Å². The van der Waals surface area contributed by atoms with Crippen molar-refractivity contribution >= 4 is 12.0 Å². The van der Waals surface area contributed by atoms with Crippen LogP contribution in [-0.2, 0) is 4.74 Å². The van der Waals surface area contributed by atoms with Gasteiger partial charge in [-0.15, -0.1) is 0 Å². The first-order valence-corrected chi connectivity index (χ1v) is 13.3. The lowest BCUT2D eigenvalue weighted by atomic mass is 9.90. The predicted octanol–water partition coefficient (Wildman–Crippen LogP) is 4.51. The van der Waals surface area contributed by atoms with E-state index in [0.717, 1.165) is 43.7 Å². The number of piperidine rings is 1. The van der Waals surface area contributed by atoms with Crippen LogP contribution in [0.4, 0.5) is 4.79 Å². The smallest absolute Gasteiger partial charge is 0.410 e. The molecule has 0 unspecified atom stereocenters. The third kappa shape index (κ3) is 6.09. The number of nitrogens with one attached hydrogen (secondary N) is 1. The normalized spacial score (nSPS) is 19.5. The maximum atomic E-state index is 13.4. The van der Waals surface area contributed by atoms with E-state index >= 15 is 0 Å². The molecule has 0 radical (unpaired) electrons. The molecule has 0 spiro atoms. The monoisotopic (exact) mass is 495 g/mol. The summed E-state index contributed by atoms with van der Waals surface area (Å²) in [5.41, 5.74) is 3.16. The largest absolute Gasteiger partial charge is 0.444 e. The van der Waals surface area contributed by atoms with Crippen molar-refractivity contribution in [1.82, 2.24) is 24.9 Å². The van der Waals surface area contributed by atoms with Crippen molar-refractivity contribution in [1.29, 1.82) is 0 Å². The van der Waals surface area contributed by atoms with Gasteiger partial charge in [-0.3, -0.25) is 9.69 Å². The molecule has 2 amide bonds. The quantitative estimate of drug-likeness (QED) is 0.638. The highest BCUT2D eigenvalue weighted by Gasteiger charge is 2.32. The summed E-state index contributed by atoms with van der Waals surface area (Å²) in [5.74, 6) is 0.0488. The molecule has 0 bridgehead atoms. The van der Waals surface area contributed by atoms with Crippen LogP contribution in [0.1, 0.15) is 80.9 Å². The van der Waals surface area contributed by atoms with E-state index in [1.807, 2.05) is 37.6 Å². The van der Waals surface area contributed by atoms with E-state index in [1.54, 1.807) is 11.1 Å². The number of rotatable bonds is 6. The Morgan fingerprint density at radius 2 is 1.78 bits per heavy atom. The lowest BCUT2D eigenvalue weighted by Gasteiger charge is -2.34. The fourth-order valence-corrected chi connectivity index (χ4v) is 5.33. The molecule has 1 aromatic carbocycles. The summed E-state index contributed by atoms with van der Waals surface area (Å²) in [7, 11) is 0. The van der Waals surface area contributed by atoms with Gasteiger partial charge in [0.25, 0.3) is 5.91 Å². The van der Waals surface area contributed by atoms with Crippen LogP contribution < -0.4 is 5.32 Å². The number of carbonyl (C=O) groups excluding carboxylic acids is 2. The molecular weight excluding hydrogens is 454 g/mol. The number of aromatic nitrogens is 2. The van der Waals surface area contributed by atoms with Gasteiger partial charge in [-0.05, 0) is 78.6 Å². The van der Waals surface area contributed by atoms with Gasteiger partial charge in [0.2, 0.25) is 0 Å². The van der Waals surface area contributed by atoms with Crippen LogP contribution >= 0.6 is 0 Å². The van der Waals surface area contributed by atoms with Crippen LogP contribution in [0.5, 0.6) is 0 Å². The molecule has 2 aromatic rings. The Labute approximate surface area is 215 Å². The molecule has 4 rings (SSSR count). The molecule has 196 valence electrons. The average Bonchev–Trinajstić information content (AvgIpc) is 3.49. The lowest BCUT2D eigenvalue weighted by Crippen LogP contribution is -2.42. The number of ether oxygens (including phenoxy) is 1. The number of nitrogens with zero attached hydrogens (tertiary/aromatic N) is 4.